The molecule has 1 aromatic heterocycles. The van der Waals surface area contributed by atoms with Crippen molar-refractivity contribution in [1.82, 2.24) is 5.32 Å². The molecule has 3 atom stereocenters. The van der Waals surface area contributed by atoms with Crippen LogP contribution in [-0.4, -0.2) is 33.5 Å². The highest BCUT2D eigenvalue weighted by Gasteiger charge is 2.38. The SMILES string of the molecule is COc1ccc([C@@H](c2cccs2)[C@@H](C)NC(=O)C[C@H](C)O[Si](C)(C)C(C)(C)C)cc1. The van der Waals surface area contributed by atoms with Gasteiger partial charge in [0.15, 0.2) is 8.32 Å². The molecule has 0 saturated heterocycles. The lowest BCUT2D eigenvalue weighted by atomic mass is 9.90. The summed E-state index contributed by atoms with van der Waals surface area (Å²) < 4.78 is 11.7. The van der Waals surface area contributed by atoms with Gasteiger partial charge in [-0.15, -0.1) is 11.3 Å². The molecule has 30 heavy (non-hydrogen) atoms. The molecule has 2 rings (SSSR count). The Kier molecular flexibility index (Phi) is 8.31. The van der Waals surface area contributed by atoms with Gasteiger partial charge in [0, 0.05) is 16.8 Å². The van der Waals surface area contributed by atoms with Crippen LogP contribution in [0.4, 0.5) is 0 Å². The maximum Gasteiger partial charge on any atom is 0.222 e. The molecule has 2 aromatic rings. The molecule has 1 N–H and O–H groups in total. The summed E-state index contributed by atoms with van der Waals surface area (Å²) in [5, 5.41) is 5.43. The van der Waals surface area contributed by atoms with E-state index < -0.39 is 8.32 Å². The zero-order chi connectivity index (χ0) is 22.5. The molecule has 0 saturated carbocycles. The number of methoxy groups -OCH3 is 1. The van der Waals surface area contributed by atoms with E-state index in [1.165, 1.54) is 4.88 Å². The van der Waals surface area contributed by atoms with E-state index in [0.717, 1.165) is 11.3 Å². The number of hydrogen-bond donors (Lipinski definition) is 1. The van der Waals surface area contributed by atoms with Crippen LogP contribution in [-0.2, 0) is 9.22 Å². The maximum atomic E-state index is 12.8. The summed E-state index contributed by atoms with van der Waals surface area (Å²) in [5.74, 6) is 0.956. The van der Waals surface area contributed by atoms with Crippen molar-refractivity contribution in [3.63, 3.8) is 0 Å². The van der Waals surface area contributed by atoms with Crippen molar-refractivity contribution < 1.29 is 14.0 Å². The average Bonchev–Trinajstić information content (AvgIpc) is 3.14. The van der Waals surface area contributed by atoms with Crippen LogP contribution in [0, 0.1) is 0 Å². The van der Waals surface area contributed by atoms with Gasteiger partial charge < -0.3 is 14.5 Å². The number of carbonyl (C=O) groups excluding carboxylic acids is 1. The van der Waals surface area contributed by atoms with E-state index in [4.69, 9.17) is 9.16 Å². The number of amides is 1. The molecular weight excluding hydrogens is 410 g/mol. The minimum absolute atomic E-state index is 0.0313. The summed E-state index contributed by atoms with van der Waals surface area (Å²) in [6.45, 7) is 15.2. The molecule has 6 heteroatoms. The molecule has 0 fully saturated rings. The van der Waals surface area contributed by atoms with Crippen molar-refractivity contribution in [3.8, 4) is 5.75 Å². The van der Waals surface area contributed by atoms with E-state index in [0.29, 0.717) is 6.42 Å². The lowest BCUT2D eigenvalue weighted by molar-refractivity contribution is -0.123. The van der Waals surface area contributed by atoms with Crippen molar-refractivity contribution in [3.05, 3.63) is 52.2 Å². The Balaban J connectivity index is 2.08. The van der Waals surface area contributed by atoms with Gasteiger partial charge in [0.25, 0.3) is 0 Å². The molecule has 0 radical (unpaired) electrons. The Hall–Kier alpha value is -1.63. The zero-order valence-electron chi connectivity index (χ0n) is 19.6. The fourth-order valence-electron chi connectivity index (χ4n) is 3.36. The first-order chi connectivity index (χ1) is 13.9. The third kappa shape index (κ3) is 6.43. The Bertz CT molecular complexity index is 797. The Morgan fingerprint density at radius 2 is 1.77 bits per heavy atom. The molecule has 1 heterocycles. The monoisotopic (exact) mass is 447 g/mol. The average molecular weight is 448 g/mol. The summed E-state index contributed by atoms with van der Waals surface area (Å²) in [5.41, 5.74) is 1.16. The van der Waals surface area contributed by atoms with Crippen molar-refractivity contribution in [2.24, 2.45) is 0 Å². The topological polar surface area (TPSA) is 47.6 Å². The van der Waals surface area contributed by atoms with E-state index >= 15 is 0 Å². The number of carbonyl (C=O) groups is 1. The Labute approximate surface area is 187 Å². The Morgan fingerprint density at radius 3 is 2.27 bits per heavy atom. The van der Waals surface area contributed by atoms with Gasteiger partial charge in [0.1, 0.15) is 5.75 Å². The molecule has 0 aliphatic heterocycles. The van der Waals surface area contributed by atoms with Crippen LogP contribution in [0.3, 0.4) is 0 Å². The number of hydrogen-bond acceptors (Lipinski definition) is 4. The second-order valence-corrected chi connectivity index (χ2v) is 15.3. The fourth-order valence-corrected chi connectivity index (χ4v) is 5.76. The fraction of sp³-hybridized carbons (Fsp3) is 0.542. The largest absolute Gasteiger partial charge is 0.497 e. The van der Waals surface area contributed by atoms with Gasteiger partial charge in [-0.3, -0.25) is 4.79 Å². The Morgan fingerprint density at radius 1 is 1.13 bits per heavy atom. The first-order valence-electron chi connectivity index (χ1n) is 10.6. The van der Waals surface area contributed by atoms with Crippen LogP contribution in [0.15, 0.2) is 41.8 Å². The lowest BCUT2D eigenvalue weighted by Crippen LogP contribution is -2.45. The molecule has 0 unspecified atom stereocenters. The molecule has 4 nitrogen and oxygen atoms in total. The first-order valence-corrected chi connectivity index (χ1v) is 14.4. The van der Waals surface area contributed by atoms with Crippen LogP contribution < -0.4 is 10.1 Å². The molecule has 0 aliphatic rings. The minimum atomic E-state index is -1.89. The number of nitrogens with one attached hydrogen (secondary N) is 1. The summed E-state index contributed by atoms with van der Waals surface area (Å²) in [7, 11) is -0.224. The van der Waals surface area contributed by atoms with Crippen LogP contribution in [0.2, 0.25) is 18.1 Å². The maximum absolute atomic E-state index is 12.8. The molecule has 1 aromatic carbocycles. The van der Waals surface area contributed by atoms with Crippen LogP contribution >= 0.6 is 11.3 Å². The highest BCUT2D eigenvalue weighted by atomic mass is 32.1. The second-order valence-electron chi connectivity index (χ2n) is 9.52. The predicted molar refractivity (Wildman–Crippen MR) is 129 cm³/mol. The van der Waals surface area contributed by atoms with Crippen LogP contribution in [0.5, 0.6) is 5.75 Å². The van der Waals surface area contributed by atoms with Gasteiger partial charge in [-0.05, 0) is 61.1 Å². The summed E-state index contributed by atoms with van der Waals surface area (Å²) in [6, 6.07) is 12.2. The van der Waals surface area contributed by atoms with Crippen molar-refractivity contribution >= 4 is 25.6 Å². The highest BCUT2D eigenvalue weighted by molar-refractivity contribution is 7.10. The lowest BCUT2D eigenvalue weighted by Gasteiger charge is -2.38. The number of thiophene rings is 1. The van der Waals surface area contributed by atoms with Gasteiger partial charge in [-0.2, -0.15) is 0 Å². The van der Waals surface area contributed by atoms with Crippen LogP contribution in [0.25, 0.3) is 0 Å². The van der Waals surface area contributed by atoms with Crippen LogP contribution in [0.1, 0.15) is 57.4 Å². The number of rotatable bonds is 9. The molecule has 0 spiro atoms. The van der Waals surface area contributed by atoms with Gasteiger partial charge in [-0.25, -0.2) is 0 Å². The van der Waals surface area contributed by atoms with Gasteiger partial charge in [-0.1, -0.05) is 39.0 Å². The van der Waals surface area contributed by atoms with Gasteiger partial charge in [0.05, 0.1) is 19.6 Å². The normalized spacial score (nSPS) is 15.3. The van der Waals surface area contributed by atoms with Gasteiger partial charge in [0.2, 0.25) is 5.91 Å². The molecule has 1 amide bonds. The summed E-state index contributed by atoms with van der Waals surface area (Å²) in [4.78, 5) is 14.0. The minimum Gasteiger partial charge on any atom is -0.497 e. The standard InChI is InChI=1S/C24H37NO3SSi/c1-17(28-30(7,8)24(3,4)5)16-22(26)25-18(2)23(21-10-9-15-29-21)19-11-13-20(27-6)14-12-19/h9-15,17-18,23H,16H2,1-8H3,(H,25,26)/t17-,18+,23-/m0/s1. The zero-order valence-corrected chi connectivity index (χ0v) is 21.4. The highest BCUT2D eigenvalue weighted by Crippen LogP contribution is 2.37. The molecule has 166 valence electrons. The summed E-state index contributed by atoms with van der Waals surface area (Å²) in [6.07, 6.45) is 0.274. The third-order valence-electron chi connectivity index (χ3n) is 5.99. The second kappa shape index (κ2) is 10.1. The van der Waals surface area contributed by atoms with E-state index in [9.17, 15) is 4.79 Å². The van der Waals surface area contributed by atoms with E-state index in [1.54, 1.807) is 18.4 Å². The van der Waals surface area contributed by atoms with Crippen molar-refractivity contribution in [2.45, 2.75) is 77.2 Å². The molecule has 0 bridgehead atoms. The molecular formula is C24H37NO3SSi. The van der Waals surface area contributed by atoms with Gasteiger partial charge >= 0.3 is 0 Å². The quantitative estimate of drug-likeness (QED) is 0.466. The van der Waals surface area contributed by atoms with Crippen molar-refractivity contribution in [1.29, 1.82) is 0 Å². The van der Waals surface area contributed by atoms with Crippen molar-refractivity contribution in [2.75, 3.05) is 7.11 Å². The van der Waals surface area contributed by atoms with E-state index in [1.807, 2.05) is 19.1 Å². The third-order valence-corrected chi connectivity index (χ3v) is 11.5. The predicted octanol–water partition coefficient (Wildman–Crippen LogP) is 6.19. The molecule has 0 aliphatic carbocycles. The van der Waals surface area contributed by atoms with E-state index in [2.05, 4.69) is 75.8 Å². The number of benzene rings is 1. The summed E-state index contributed by atoms with van der Waals surface area (Å²) >= 11 is 1.71. The van der Waals surface area contributed by atoms with E-state index in [-0.39, 0.29) is 29.0 Å². The smallest absolute Gasteiger partial charge is 0.222 e. The first kappa shape index (κ1) is 24.6. The number of ether oxygens (including phenoxy) is 1.